The highest BCUT2D eigenvalue weighted by atomic mass is 19.4. The third-order valence-electron chi connectivity index (χ3n) is 3.24. The number of hydrogen-bond acceptors (Lipinski definition) is 4. The summed E-state index contributed by atoms with van der Waals surface area (Å²) in [7, 11) is 0. The van der Waals surface area contributed by atoms with Crippen LogP contribution >= 0.6 is 0 Å². The maximum atomic E-state index is 12.2. The van der Waals surface area contributed by atoms with Crippen molar-refractivity contribution in [2.45, 2.75) is 12.4 Å². The SMILES string of the molecule is OCC(c1cccc(OC(F)(F)F)c1)N1CCNCC1. The first kappa shape index (κ1) is 15.1. The van der Waals surface area contributed by atoms with Crippen molar-refractivity contribution in [3.8, 4) is 5.75 Å². The summed E-state index contributed by atoms with van der Waals surface area (Å²) in [6.45, 7) is 2.95. The maximum Gasteiger partial charge on any atom is 0.573 e. The predicted octanol–water partition coefficient (Wildman–Crippen LogP) is 1.52. The molecule has 2 N–H and O–H groups in total. The van der Waals surface area contributed by atoms with Gasteiger partial charge in [-0.15, -0.1) is 13.2 Å². The molecule has 112 valence electrons. The first-order valence-electron chi connectivity index (χ1n) is 6.41. The predicted molar refractivity (Wildman–Crippen MR) is 67.4 cm³/mol. The van der Waals surface area contributed by atoms with Crippen LogP contribution in [0.1, 0.15) is 11.6 Å². The lowest BCUT2D eigenvalue weighted by atomic mass is 10.0. The standard InChI is InChI=1S/C13H17F3N2O2/c14-13(15,16)20-11-3-1-2-10(8-11)12(9-19)18-6-4-17-5-7-18/h1-3,8,12,17,19H,4-7,9H2. The lowest BCUT2D eigenvalue weighted by Crippen LogP contribution is -2.46. The smallest absolute Gasteiger partial charge is 0.406 e. The molecule has 4 nitrogen and oxygen atoms in total. The molecule has 20 heavy (non-hydrogen) atoms. The number of nitrogens with zero attached hydrogens (tertiary/aromatic N) is 1. The van der Waals surface area contributed by atoms with Crippen LogP contribution in [-0.2, 0) is 0 Å². The molecule has 1 aliphatic heterocycles. The molecule has 0 aromatic heterocycles. The van der Waals surface area contributed by atoms with Crippen LogP contribution < -0.4 is 10.1 Å². The van der Waals surface area contributed by atoms with Gasteiger partial charge in [-0.2, -0.15) is 0 Å². The van der Waals surface area contributed by atoms with Crippen LogP contribution in [0.25, 0.3) is 0 Å². The molecular weight excluding hydrogens is 273 g/mol. The zero-order chi connectivity index (χ0) is 14.6. The van der Waals surface area contributed by atoms with Crippen molar-refractivity contribution < 1.29 is 23.0 Å². The van der Waals surface area contributed by atoms with Gasteiger partial charge in [-0.25, -0.2) is 0 Å². The largest absolute Gasteiger partial charge is 0.573 e. The molecule has 0 spiro atoms. The summed E-state index contributed by atoms with van der Waals surface area (Å²) in [5, 5.41) is 12.7. The molecule has 1 atom stereocenters. The first-order chi connectivity index (χ1) is 9.49. The summed E-state index contributed by atoms with van der Waals surface area (Å²) >= 11 is 0. The van der Waals surface area contributed by atoms with Crippen LogP contribution in [0.2, 0.25) is 0 Å². The highest BCUT2D eigenvalue weighted by Gasteiger charge is 2.31. The van der Waals surface area contributed by atoms with Crippen LogP contribution in [-0.4, -0.2) is 49.2 Å². The molecule has 1 fully saturated rings. The zero-order valence-corrected chi connectivity index (χ0v) is 10.9. The lowest BCUT2D eigenvalue weighted by molar-refractivity contribution is -0.274. The van der Waals surface area contributed by atoms with Gasteiger partial charge in [-0.1, -0.05) is 12.1 Å². The van der Waals surface area contributed by atoms with Gasteiger partial charge < -0.3 is 15.2 Å². The Hall–Kier alpha value is -1.31. The van der Waals surface area contributed by atoms with E-state index in [0.29, 0.717) is 5.56 Å². The maximum absolute atomic E-state index is 12.2. The van der Waals surface area contributed by atoms with Gasteiger partial charge in [0, 0.05) is 26.2 Å². The third kappa shape index (κ3) is 4.09. The fourth-order valence-corrected chi connectivity index (χ4v) is 2.34. The lowest BCUT2D eigenvalue weighted by Gasteiger charge is -2.34. The molecule has 1 heterocycles. The number of piperazine rings is 1. The molecule has 1 aromatic rings. The van der Waals surface area contributed by atoms with Crippen molar-refractivity contribution in [1.29, 1.82) is 0 Å². The molecule has 0 aliphatic carbocycles. The highest BCUT2D eigenvalue weighted by Crippen LogP contribution is 2.27. The Bertz CT molecular complexity index is 434. The summed E-state index contributed by atoms with van der Waals surface area (Å²) in [4.78, 5) is 2.04. The number of ether oxygens (including phenoxy) is 1. The van der Waals surface area contributed by atoms with E-state index in [2.05, 4.69) is 10.1 Å². The van der Waals surface area contributed by atoms with Gasteiger partial charge in [-0.3, -0.25) is 4.90 Å². The Morgan fingerprint density at radius 3 is 2.60 bits per heavy atom. The minimum atomic E-state index is -4.71. The first-order valence-corrected chi connectivity index (χ1v) is 6.41. The summed E-state index contributed by atoms with van der Waals surface area (Å²) in [5.74, 6) is -0.261. The average Bonchev–Trinajstić information content (AvgIpc) is 2.39. The molecule has 0 saturated carbocycles. The van der Waals surface area contributed by atoms with Crippen molar-refractivity contribution in [2.24, 2.45) is 0 Å². The van der Waals surface area contributed by atoms with E-state index in [1.54, 1.807) is 6.07 Å². The van der Waals surface area contributed by atoms with Crippen LogP contribution in [0.4, 0.5) is 13.2 Å². The van der Waals surface area contributed by atoms with Crippen LogP contribution in [0.3, 0.4) is 0 Å². The molecule has 0 amide bonds. The Morgan fingerprint density at radius 2 is 2.00 bits per heavy atom. The second-order valence-corrected chi connectivity index (χ2v) is 4.60. The number of nitrogens with one attached hydrogen (secondary N) is 1. The zero-order valence-electron chi connectivity index (χ0n) is 10.9. The van der Waals surface area contributed by atoms with Gasteiger partial charge in [-0.05, 0) is 17.7 Å². The fourth-order valence-electron chi connectivity index (χ4n) is 2.34. The van der Waals surface area contributed by atoms with Crippen LogP contribution in [0.5, 0.6) is 5.75 Å². The quantitative estimate of drug-likeness (QED) is 0.882. The third-order valence-corrected chi connectivity index (χ3v) is 3.24. The number of aliphatic hydroxyl groups is 1. The van der Waals surface area contributed by atoms with Gasteiger partial charge in [0.25, 0.3) is 0 Å². The Morgan fingerprint density at radius 1 is 1.30 bits per heavy atom. The number of hydrogen-bond donors (Lipinski definition) is 2. The van der Waals surface area contributed by atoms with Crippen molar-refractivity contribution in [3.63, 3.8) is 0 Å². The van der Waals surface area contributed by atoms with Gasteiger partial charge in [0.1, 0.15) is 5.75 Å². The van der Waals surface area contributed by atoms with Gasteiger partial charge in [0.15, 0.2) is 0 Å². The molecule has 0 bridgehead atoms. The van der Waals surface area contributed by atoms with Crippen LogP contribution in [0, 0.1) is 0 Å². The highest BCUT2D eigenvalue weighted by molar-refractivity contribution is 5.31. The Balaban J connectivity index is 2.14. The van der Waals surface area contributed by atoms with E-state index < -0.39 is 6.36 Å². The number of rotatable bonds is 4. The van der Waals surface area contributed by atoms with E-state index in [1.165, 1.54) is 18.2 Å². The monoisotopic (exact) mass is 290 g/mol. The van der Waals surface area contributed by atoms with E-state index >= 15 is 0 Å². The summed E-state index contributed by atoms with van der Waals surface area (Å²) in [5.41, 5.74) is 0.621. The number of aliphatic hydroxyl groups excluding tert-OH is 1. The average molecular weight is 290 g/mol. The molecule has 1 saturated heterocycles. The van der Waals surface area contributed by atoms with E-state index in [4.69, 9.17) is 0 Å². The molecule has 1 aliphatic rings. The minimum Gasteiger partial charge on any atom is -0.406 e. The second kappa shape index (κ2) is 6.43. The summed E-state index contributed by atoms with van der Waals surface area (Å²) in [6.07, 6.45) is -4.71. The van der Waals surface area contributed by atoms with Crippen molar-refractivity contribution in [2.75, 3.05) is 32.8 Å². The molecular formula is C13H17F3N2O2. The van der Waals surface area contributed by atoms with Crippen molar-refractivity contribution in [3.05, 3.63) is 29.8 Å². The fraction of sp³-hybridized carbons (Fsp3) is 0.538. The molecule has 0 radical (unpaired) electrons. The number of benzene rings is 1. The Kier molecular flexibility index (Phi) is 4.85. The van der Waals surface area contributed by atoms with Gasteiger partial charge in [0.2, 0.25) is 0 Å². The van der Waals surface area contributed by atoms with E-state index in [9.17, 15) is 18.3 Å². The minimum absolute atomic E-state index is 0.143. The normalized spacial score (nSPS) is 18.8. The molecule has 1 aromatic carbocycles. The number of halogens is 3. The summed E-state index contributed by atoms with van der Waals surface area (Å²) in [6, 6.07) is 5.47. The Labute approximate surface area is 115 Å². The van der Waals surface area contributed by atoms with Crippen LogP contribution in [0.15, 0.2) is 24.3 Å². The number of alkyl halides is 3. The van der Waals surface area contributed by atoms with E-state index in [0.717, 1.165) is 26.2 Å². The van der Waals surface area contributed by atoms with Gasteiger partial charge in [0.05, 0.1) is 12.6 Å². The van der Waals surface area contributed by atoms with Crippen molar-refractivity contribution >= 4 is 0 Å². The molecule has 1 unspecified atom stereocenters. The molecule has 7 heteroatoms. The summed E-state index contributed by atoms with van der Waals surface area (Å²) < 4.78 is 40.6. The van der Waals surface area contributed by atoms with E-state index in [-0.39, 0.29) is 18.4 Å². The van der Waals surface area contributed by atoms with Gasteiger partial charge >= 0.3 is 6.36 Å². The van der Waals surface area contributed by atoms with E-state index in [1.807, 2.05) is 4.90 Å². The van der Waals surface area contributed by atoms with Crippen molar-refractivity contribution in [1.82, 2.24) is 10.2 Å². The second-order valence-electron chi connectivity index (χ2n) is 4.60. The topological polar surface area (TPSA) is 44.7 Å². The molecule has 2 rings (SSSR count).